The summed E-state index contributed by atoms with van der Waals surface area (Å²) in [4.78, 5) is 0. The molecular formula is C19H15ClN4S. The van der Waals surface area contributed by atoms with Gasteiger partial charge in [0.05, 0.1) is 5.03 Å². The van der Waals surface area contributed by atoms with Crippen molar-refractivity contribution in [2.24, 2.45) is 0 Å². The van der Waals surface area contributed by atoms with Gasteiger partial charge in [-0.2, -0.15) is 0 Å². The van der Waals surface area contributed by atoms with Gasteiger partial charge in [0.25, 0.3) is 0 Å². The van der Waals surface area contributed by atoms with Gasteiger partial charge in [-0.3, -0.25) is 0 Å². The summed E-state index contributed by atoms with van der Waals surface area (Å²) in [5.41, 5.74) is 8.28. The molecule has 0 radical (unpaired) electrons. The minimum Gasteiger partial charge on any atom is -0.304 e. The number of fused-ring (bicyclic) bond motifs is 2. The molecule has 1 unspecified atom stereocenters. The average molecular weight is 367 g/mol. The second-order valence-corrected chi connectivity index (χ2v) is 7.58. The fourth-order valence-corrected chi connectivity index (χ4v) is 4.92. The number of hydrogen-bond donors (Lipinski definition) is 1. The highest BCUT2D eigenvalue weighted by molar-refractivity contribution is 8.00. The largest absolute Gasteiger partial charge is 0.304 e. The Bertz CT molecular complexity index is 980. The van der Waals surface area contributed by atoms with Crippen LogP contribution in [-0.4, -0.2) is 20.2 Å². The van der Waals surface area contributed by atoms with E-state index in [1.54, 1.807) is 11.8 Å². The van der Waals surface area contributed by atoms with Crippen LogP contribution in [0, 0.1) is 0 Å². The smallest absolute Gasteiger partial charge is 0.212 e. The minimum atomic E-state index is 0.0915. The van der Waals surface area contributed by atoms with E-state index in [1.165, 1.54) is 11.1 Å². The topological polar surface area (TPSA) is 42.7 Å². The molecule has 0 saturated heterocycles. The number of thioether (sulfide) groups is 1. The maximum Gasteiger partial charge on any atom is 0.212 e. The third-order valence-corrected chi connectivity index (χ3v) is 6.20. The van der Waals surface area contributed by atoms with Gasteiger partial charge >= 0.3 is 0 Å². The van der Waals surface area contributed by atoms with Crippen molar-refractivity contribution >= 4 is 28.4 Å². The van der Waals surface area contributed by atoms with E-state index >= 15 is 0 Å². The van der Waals surface area contributed by atoms with Crippen molar-refractivity contribution in [2.45, 2.75) is 23.4 Å². The molecule has 124 valence electrons. The fraction of sp³-hybridized carbons (Fsp3) is 0.158. The summed E-state index contributed by atoms with van der Waals surface area (Å²) in [6.45, 7) is 0. The van der Waals surface area contributed by atoms with Crippen LogP contribution < -0.4 is 5.43 Å². The summed E-state index contributed by atoms with van der Waals surface area (Å²) < 4.78 is 1.97. The zero-order chi connectivity index (χ0) is 16.8. The number of aryl methyl sites for hydroxylation is 1. The summed E-state index contributed by atoms with van der Waals surface area (Å²) >= 11 is 8.41. The van der Waals surface area contributed by atoms with E-state index in [0.717, 1.165) is 40.0 Å². The zero-order valence-electron chi connectivity index (χ0n) is 13.3. The highest BCUT2D eigenvalue weighted by Gasteiger charge is 2.32. The molecule has 5 rings (SSSR count). The monoisotopic (exact) mass is 366 g/mol. The number of benzene rings is 2. The van der Waals surface area contributed by atoms with Crippen LogP contribution in [0.3, 0.4) is 0 Å². The number of hydrogen-bond acceptors (Lipinski definition) is 4. The van der Waals surface area contributed by atoms with Crippen molar-refractivity contribution in [3.05, 3.63) is 71.3 Å². The van der Waals surface area contributed by atoms with E-state index in [9.17, 15) is 0 Å². The van der Waals surface area contributed by atoms with Crippen molar-refractivity contribution < 1.29 is 0 Å². The van der Waals surface area contributed by atoms with Crippen molar-refractivity contribution in [3.8, 4) is 11.4 Å². The molecule has 2 aliphatic rings. The molecule has 1 aliphatic carbocycles. The van der Waals surface area contributed by atoms with Gasteiger partial charge in [-0.1, -0.05) is 78.0 Å². The molecule has 1 aliphatic heterocycles. The van der Waals surface area contributed by atoms with Crippen LogP contribution in [0.15, 0.2) is 65.3 Å². The Morgan fingerprint density at radius 3 is 2.68 bits per heavy atom. The van der Waals surface area contributed by atoms with Crippen molar-refractivity contribution in [1.29, 1.82) is 0 Å². The van der Waals surface area contributed by atoms with Crippen molar-refractivity contribution in [2.75, 3.05) is 5.43 Å². The second-order valence-electron chi connectivity index (χ2n) is 6.13. The average Bonchev–Trinajstić information content (AvgIpc) is 3.23. The third-order valence-electron chi connectivity index (χ3n) is 4.65. The molecule has 0 amide bonds. The molecule has 0 fully saturated rings. The van der Waals surface area contributed by atoms with E-state index in [4.69, 9.17) is 11.6 Å². The van der Waals surface area contributed by atoms with Gasteiger partial charge in [0.15, 0.2) is 5.82 Å². The lowest BCUT2D eigenvalue weighted by molar-refractivity contribution is 0.781. The molecule has 2 aromatic carbocycles. The van der Waals surface area contributed by atoms with E-state index in [0.29, 0.717) is 0 Å². The first-order chi connectivity index (χ1) is 12.3. The number of rotatable bonds is 2. The van der Waals surface area contributed by atoms with Crippen molar-refractivity contribution in [1.82, 2.24) is 14.9 Å². The molecule has 0 spiro atoms. The molecule has 3 aromatic rings. The third kappa shape index (κ3) is 2.46. The van der Waals surface area contributed by atoms with Crippen molar-refractivity contribution in [3.63, 3.8) is 0 Å². The summed E-state index contributed by atoms with van der Waals surface area (Å²) in [7, 11) is 0. The summed E-state index contributed by atoms with van der Waals surface area (Å²) in [6, 6.07) is 18.5. The summed E-state index contributed by atoms with van der Waals surface area (Å²) in [5.74, 6) is 0.832. The molecule has 0 saturated carbocycles. The van der Waals surface area contributed by atoms with E-state index in [2.05, 4.69) is 33.8 Å². The van der Waals surface area contributed by atoms with Gasteiger partial charge in [0.2, 0.25) is 5.16 Å². The Morgan fingerprint density at radius 2 is 1.80 bits per heavy atom. The van der Waals surface area contributed by atoms with Crippen LogP contribution in [-0.2, 0) is 6.42 Å². The maximum atomic E-state index is 6.74. The van der Waals surface area contributed by atoms with Crippen LogP contribution in [0.2, 0.25) is 0 Å². The van der Waals surface area contributed by atoms with E-state index in [1.807, 2.05) is 41.1 Å². The number of aromatic nitrogens is 3. The normalized spacial score (nSPS) is 18.7. The first kappa shape index (κ1) is 15.0. The minimum absolute atomic E-state index is 0.0915. The van der Waals surface area contributed by atoms with Crippen LogP contribution >= 0.6 is 23.4 Å². The molecule has 25 heavy (non-hydrogen) atoms. The lowest BCUT2D eigenvalue weighted by Gasteiger charge is -2.23. The highest BCUT2D eigenvalue weighted by atomic mass is 35.5. The van der Waals surface area contributed by atoms with Crippen LogP contribution in [0.1, 0.15) is 17.5 Å². The van der Waals surface area contributed by atoms with Gasteiger partial charge in [-0.25, -0.2) is 4.68 Å². The van der Waals surface area contributed by atoms with Gasteiger partial charge < -0.3 is 5.43 Å². The summed E-state index contributed by atoms with van der Waals surface area (Å²) in [5, 5.41) is 10.5. The molecule has 2 heterocycles. The molecule has 6 heteroatoms. The van der Waals surface area contributed by atoms with E-state index < -0.39 is 0 Å². The summed E-state index contributed by atoms with van der Waals surface area (Å²) in [6.07, 6.45) is 1.98. The highest BCUT2D eigenvalue weighted by Crippen LogP contribution is 2.42. The second kappa shape index (κ2) is 5.93. The SMILES string of the molecule is ClC1=C(C2Nn3c(nnc3-c3ccccc3)S2)CCc2ccccc21. The zero-order valence-corrected chi connectivity index (χ0v) is 14.9. The predicted molar refractivity (Wildman–Crippen MR) is 102 cm³/mol. The van der Waals surface area contributed by atoms with Crippen LogP contribution in [0.25, 0.3) is 16.4 Å². The Morgan fingerprint density at radius 1 is 1.00 bits per heavy atom. The maximum absolute atomic E-state index is 6.74. The first-order valence-corrected chi connectivity index (χ1v) is 9.48. The van der Waals surface area contributed by atoms with Gasteiger partial charge in [0, 0.05) is 5.56 Å². The van der Waals surface area contributed by atoms with Crippen LogP contribution in [0.4, 0.5) is 0 Å². The Balaban J connectivity index is 1.49. The fourth-order valence-electron chi connectivity index (χ4n) is 3.39. The lowest BCUT2D eigenvalue weighted by atomic mass is 9.92. The number of nitrogens with zero attached hydrogens (tertiary/aromatic N) is 3. The Hall–Kier alpha value is -2.24. The Labute approximate surface area is 154 Å². The first-order valence-electron chi connectivity index (χ1n) is 8.22. The van der Waals surface area contributed by atoms with Gasteiger partial charge in [-0.05, 0) is 29.5 Å². The van der Waals surface area contributed by atoms with E-state index in [-0.39, 0.29) is 5.37 Å². The molecule has 1 N–H and O–H groups in total. The molecule has 1 atom stereocenters. The number of nitrogens with one attached hydrogen (secondary N) is 1. The molecule has 4 nitrogen and oxygen atoms in total. The Kier molecular flexibility index (Phi) is 3.57. The van der Waals surface area contributed by atoms with Gasteiger partial charge in [-0.15, -0.1) is 10.2 Å². The molecule has 0 bridgehead atoms. The molecule has 1 aromatic heterocycles. The quantitative estimate of drug-likeness (QED) is 0.724. The van der Waals surface area contributed by atoms with Gasteiger partial charge in [0.1, 0.15) is 5.37 Å². The lowest BCUT2D eigenvalue weighted by Crippen LogP contribution is -2.23. The standard InChI is InChI=1S/C19H15ClN4S/c20-16-14-9-5-4-6-12(14)10-11-15(16)18-23-24-17(21-22-19(24)25-18)13-7-2-1-3-8-13/h1-9,18,23H,10-11H2. The van der Waals surface area contributed by atoms with Crippen LogP contribution in [0.5, 0.6) is 0 Å². The number of halogens is 1. The molecular weight excluding hydrogens is 352 g/mol. The predicted octanol–water partition coefficient (Wildman–Crippen LogP) is 4.52.